The molecule has 0 radical (unpaired) electrons. The molecule has 0 saturated heterocycles. The highest BCUT2D eigenvalue weighted by atomic mass is 35.5. The Labute approximate surface area is 169 Å². The van der Waals surface area contributed by atoms with Crippen LogP contribution in [0.3, 0.4) is 0 Å². The lowest BCUT2D eigenvalue weighted by Gasteiger charge is -2.12. The molecule has 1 fully saturated rings. The van der Waals surface area contributed by atoms with Crippen molar-refractivity contribution in [3.63, 3.8) is 0 Å². The molecular formula is C20H18ClF3N4O. The van der Waals surface area contributed by atoms with E-state index < -0.39 is 17.6 Å². The first-order valence-electron chi connectivity index (χ1n) is 9.27. The summed E-state index contributed by atoms with van der Waals surface area (Å²) >= 11 is 6.51. The van der Waals surface area contributed by atoms with Gasteiger partial charge < -0.3 is 5.32 Å². The van der Waals surface area contributed by atoms with Crippen molar-refractivity contribution in [2.24, 2.45) is 0 Å². The molecule has 0 unspecified atom stereocenters. The van der Waals surface area contributed by atoms with Crippen LogP contribution in [0.1, 0.15) is 53.3 Å². The molecule has 1 aliphatic carbocycles. The van der Waals surface area contributed by atoms with Gasteiger partial charge in [0.1, 0.15) is 0 Å². The Morgan fingerprint density at radius 2 is 1.86 bits per heavy atom. The Bertz CT molecular complexity index is 1070. The van der Waals surface area contributed by atoms with E-state index in [1.165, 1.54) is 18.3 Å². The molecule has 2 aromatic heterocycles. The largest absolute Gasteiger partial charge is 0.416 e. The van der Waals surface area contributed by atoms with E-state index >= 15 is 0 Å². The second kappa shape index (κ2) is 7.33. The number of hydrogen-bond donors (Lipinski definition) is 1. The standard InChI is InChI=1S/C20H18ClF3N4O/c1-11-16-17(21)15(10-25-18(16)28(27-11)14-4-2-3-5-14)19(29)26-13-8-6-12(7-9-13)20(22,23)24/h6-10,14H,2-5H2,1H3,(H,26,29). The van der Waals surface area contributed by atoms with Gasteiger partial charge in [0.05, 0.1) is 33.3 Å². The predicted octanol–water partition coefficient (Wildman–Crippen LogP) is 5.78. The third-order valence-corrected chi connectivity index (χ3v) is 5.61. The Morgan fingerprint density at radius 1 is 1.21 bits per heavy atom. The van der Waals surface area contributed by atoms with Gasteiger partial charge in [0.15, 0.2) is 5.65 Å². The number of amides is 1. The quantitative estimate of drug-likeness (QED) is 0.582. The van der Waals surface area contributed by atoms with Gasteiger partial charge in [-0.1, -0.05) is 24.4 Å². The number of rotatable bonds is 3. The molecule has 29 heavy (non-hydrogen) atoms. The summed E-state index contributed by atoms with van der Waals surface area (Å²) in [4.78, 5) is 17.1. The first-order chi connectivity index (χ1) is 13.8. The van der Waals surface area contributed by atoms with E-state index in [2.05, 4.69) is 15.4 Å². The van der Waals surface area contributed by atoms with Crippen LogP contribution in [0, 0.1) is 6.92 Å². The smallest absolute Gasteiger partial charge is 0.322 e. The highest BCUT2D eigenvalue weighted by Gasteiger charge is 2.30. The van der Waals surface area contributed by atoms with E-state index in [1.807, 2.05) is 11.6 Å². The number of carbonyl (C=O) groups excluding carboxylic acids is 1. The van der Waals surface area contributed by atoms with E-state index in [9.17, 15) is 18.0 Å². The highest BCUT2D eigenvalue weighted by Crippen LogP contribution is 2.35. The molecule has 1 N–H and O–H groups in total. The van der Waals surface area contributed by atoms with Crippen LogP contribution in [-0.4, -0.2) is 20.7 Å². The van der Waals surface area contributed by atoms with E-state index in [1.54, 1.807) is 0 Å². The number of aryl methyl sites for hydroxylation is 1. The Kier molecular flexibility index (Phi) is 4.98. The van der Waals surface area contributed by atoms with E-state index in [0.717, 1.165) is 37.8 Å². The number of anilines is 1. The zero-order valence-corrected chi connectivity index (χ0v) is 16.3. The number of nitrogens with one attached hydrogen (secondary N) is 1. The molecule has 152 valence electrons. The van der Waals surface area contributed by atoms with Crippen LogP contribution < -0.4 is 5.32 Å². The second-order valence-electron chi connectivity index (χ2n) is 7.18. The van der Waals surface area contributed by atoms with Crippen molar-refractivity contribution in [1.82, 2.24) is 14.8 Å². The molecule has 0 bridgehead atoms. The third kappa shape index (κ3) is 3.69. The lowest BCUT2D eigenvalue weighted by Crippen LogP contribution is -2.14. The summed E-state index contributed by atoms with van der Waals surface area (Å²) in [5, 5.41) is 8.01. The fraction of sp³-hybridized carbons (Fsp3) is 0.350. The molecule has 1 amide bonds. The lowest BCUT2D eigenvalue weighted by atomic mass is 10.1. The summed E-state index contributed by atoms with van der Waals surface area (Å²) in [5.41, 5.74) is 0.927. The zero-order valence-electron chi connectivity index (χ0n) is 15.6. The molecule has 5 nitrogen and oxygen atoms in total. The molecule has 0 atom stereocenters. The number of nitrogens with zero attached hydrogens (tertiary/aromatic N) is 3. The average Bonchev–Trinajstić information content (AvgIpc) is 3.30. The van der Waals surface area contributed by atoms with Gasteiger partial charge in [-0.05, 0) is 44.0 Å². The van der Waals surface area contributed by atoms with Crippen LogP contribution in [0.2, 0.25) is 5.02 Å². The summed E-state index contributed by atoms with van der Waals surface area (Å²) in [6, 6.07) is 4.50. The van der Waals surface area contributed by atoms with Crippen molar-refractivity contribution in [1.29, 1.82) is 0 Å². The summed E-state index contributed by atoms with van der Waals surface area (Å²) in [6.45, 7) is 1.82. The fourth-order valence-corrected chi connectivity index (χ4v) is 4.09. The fourth-order valence-electron chi connectivity index (χ4n) is 3.74. The third-order valence-electron chi connectivity index (χ3n) is 5.22. The van der Waals surface area contributed by atoms with Gasteiger partial charge in [-0.3, -0.25) is 4.79 Å². The van der Waals surface area contributed by atoms with Gasteiger partial charge in [-0.15, -0.1) is 0 Å². The van der Waals surface area contributed by atoms with Crippen LogP contribution in [0.4, 0.5) is 18.9 Å². The minimum absolute atomic E-state index is 0.146. The summed E-state index contributed by atoms with van der Waals surface area (Å²) in [6.07, 6.45) is 1.31. The van der Waals surface area contributed by atoms with Gasteiger partial charge in [-0.25, -0.2) is 9.67 Å². The lowest BCUT2D eigenvalue weighted by molar-refractivity contribution is -0.137. The number of fused-ring (bicyclic) bond motifs is 1. The SMILES string of the molecule is Cc1nn(C2CCCC2)c2ncc(C(=O)Nc3ccc(C(F)(F)F)cc3)c(Cl)c12. The molecule has 1 aromatic carbocycles. The zero-order chi connectivity index (χ0) is 20.8. The van der Waals surface area contributed by atoms with Crippen molar-refractivity contribution in [2.75, 3.05) is 5.32 Å². The van der Waals surface area contributed by atoms with Crippen LogP contribution in [0.15, 0.2) is 30.5 Å². The van der Waals surface area contributed by atoms with Crippen molar-refractivity contribution in [3.05, 3.63) is 52.3 Å². The number of alkyl halides is 3. The van der Waals surface area contributed by atoms with Crippen LogP contribution >= 0.6 is 11.6 Å². The van der Waals surface area contributed by atoms with Crippen LogP contribution in [0.5, 0.6) is 0 Å². The second-order valence-corrected chi connectivity index (χ2v) is 7.56. The molecule has 1 aliphatic rings. The van der Waals surface area contributed by atoms with Crippen molar-refractivity contribution < 1.29 is 18.0 Å². The minimum Gasteiger partial charge on any atom is -0.322 e. The summed E-state index contributed by atoms with van der Waals surface area (Å²) in [5.74, 6) is -0.544. The molecular weight excluding hydrogens is 405 g/mol. The maximum Gasteiger partial charge on any atom is 0.416 e. The number of carbonyl (C=O) groups is 1. The number of pyridine rings is 1. The van der Waals surface area contributed by atoms with Gasteiger partial charge in [0.2, 0.25) is 0 Å². The Morgan fingerprint density at radius 3 is 2.48 bits per heavy atom. The van der Waals surface area contributed by atoms with E-state index in [4.69, 9.17) is 11.6 Å². The maximum atomic E-state index is 12.7. The minimum atomic E-state index is -4.43. The van der Waals surface area contributed by atoms with E-state index in [-0.39, 0.29) is 22.3 Å². The maximum absolute atomic E-state index is 12.7. The molecule has 4 rings (SSSR count). The van der Waals surface area contributed by atoms with Crippen molar-refractivity contribution in [2.45, 2.75) is 44.8 Å². The predicted molar refractivity (Wildman–Crippen MR) is 104 cm³/mol. The number of hydrogen-bond acceptors (Lipinski definition) is 3. The number of benzene rings is 1. The van der Waals surface area contributed by atoms with Crippen LogP contribution in [-0.2, 0) is 6.18 Å². The number of halogens is 4. The molecule has 0 spiro atoms. The highest BCUT2D eigenvalue weighted by molar-refractivity contribution is 6.39. The Hall–Kier alpha value is -2.61. The number of aromatic nitrogens is 3. The summed E-state index contributed by atoms with van der Waals surface area (Å²) < 4.78 is 39.9. The normalized spacial score (nSPS) is 15.2. The van der Waals surface area contributed by atoms with Crippen molar-refractivity contribution in [3.8, 4) is 0 Å². The van der Waals surface area contributed by atoms with Crippen LogP contribution in [0.25, 0.3) is 11.0 Å². The molecule has 9 heteroatoms. The molecule has 0 aliphatic heterocycles. The van der Waals surface area contributed by atoms with Crippen molar-refractivity contribution >= 4 is 34.2 Å². The summed E-state index contributed by atoms with van der Waals surface area (Å²) in [7, 11) is 0. The first-order valence-corrected chi connectivity index (χ1v) is 9.65. The Balaban J connectivity index is 1.63. The van der Waals surface area contributed by atoms with Gasteiger partial charge >= 0.3 is 6.18 Å². The van der Waals surface area contributed by atoms with Gasteiger partial charge in [0.25, 0.3) is 5.91 Å². The average molecular weight is 423 g/mol. The molecule has 3 aromatic rings. The van der Waals surface area contributed by atoms with E-state index in [0.29, 0.717) is 16.7 Å². The molecule has 1 saturated carbocycles. The van der Waals surface area contributed by atoms with Gasteiger partial charge in [-0.2, -0.15) is 18.3 Å². The first kappa shape index (κ1) is 19.7. The molecule has 2 heterocycles. The monoisotopic (exact) mass is 422 g/mol. The van der Waals surface area contributed by atoms with Gasteiger partial charge in [0, 0.05) is 11.9 Å². The topological polar surface area (TPSA) is 59.8 Å².